The highest BCUT2D eigenvalue weighted by Gasteiger charge is 2.14. The van der Waals surface area contributed by atoms with Crippen LogP contribution in [0.1, 0.15) is 51.8 Å². The van der Waals surface area contributed by atoms with E-state index in [1.165, 1.54) is 11.3 Å². The molecule has 120 valence electrons. The van der Waals surface area contributed by atoms with Crippen molar-refractivity contribution in [1.82, 2.24) is 10.3 Å². The van der Waals surface area contributed by atoms with E-state index in [9.17, 15) is 0 Å². The van der Waals surface area contributed by atoms with Gasteiger partial charge in [0.2, 0.25) is 0 Å². The zero-order chi connectivity index (χ0) is 16.0. The Morgan fingerprint density at radius 2 is 1.86 bits per heavy atom. The Bertz CT molecular complexity index is 432. The summed E-state index contributed by atoms with van der Waals surface area (Å²) in [6, 6.07) is 5.44. The summed E-state index contributed by atoms with van der Waals surface area (Å²) in [7, 11) is 2.15. The topological polar surface area (TPSA) is 28.2 Å². The highest BCUT2D eigenvalue weighted by atomic mass is 32.2. The van der Waals surface area contributed by atoms with Gasteiger partial charge in [-0.3, -0.25) is 0 Å². The molecule has 1 N–H and O–H groups in total. The van der Waals surface area contributed by atoms with Crippen LogP contribution in [-0.2, 0) is 6.54 Å². The molecular formula is C17H31N3S. The molecule has 0 aliphatic heterocycles. The summed E-state index contributed by atoms with van der Waals surface area (Å²) in [5.74, 6) is 2.65. The standard InChI is InChI=1S/C17H31N3S/c1-12(2)16-8-15(10-18-13(3)4)9-17(19-16)20(6)14(5)11-21-7/h8-9,12-14,18H,10-11H2,1-7H3. The zero-order valence-corrected chi connectivity index (χ0v) is 15.4. The lowest BCUT2D eigenvalue weighted by molar-refractivity contribution is 0.587. The molecule has 0 aliphatic carbocycles. The van der Waals surface area contributed by atoms with Crippen molar-refractivity contribution < 1.29 is 0 Å². The molecule has 0 bridgehead atoms. The van der Waals surface area contributed by atoms with E-state index in [1.54, 1.807) is 0 Å². The van der Waals surface area contributed by atoms with E-state index in [-0.39, 0.29) is 0 Å². The van der Waals surface area contributed by atoms with E-state index in [2.05, 4.69) is 70.3 Å². The number of anilines is 1. The van der Waals surface area contributed by atoms with Crippen molar-refractivity contribution in [2.24, 2.45) is 0 Å². The van der Waals surface area contributed by atoms with E-state index in [1.807, 2.05) is 11.8 Å². The molecule has 1 aromatic heterocycles. The number of rotatable bonds is 8. The van der Waals surface area contributed by atoms with Crippen LogP contribution in [0.15, 0.2) is 12.1 Å². The van der Waals surface area contributed by atoms with Gasteiger partial charge in [0.25, 0.3) is 0 Å². The van der Waals surface area contributed by atoms with Gasteiger partial charge in [0.15, 0.2) is 0 Å². The third kappa shape index (κ3) is 5.87. The molecule has 1 aromatic rings. The quantitative estimate of drug-likeness (QED) is 0.788. The number of hydrogen-bond donors (Lipinski definition) is 1. The lowest BCUT2D eigenvalue weighted by Crippen LogP contribution is -2.32. The first kappa shape index (κ1) is 18.3. The Hall–Kier alpha value is -0.740. The summed E-state index contributed by atoms with van der Waals surface area (Å²) < 4.78 is 0. The summed E-state index contributed by atoms with van der Waals surface area (Å²) in [5.41, 5.74) is 2.50. The van der Waals surface area contributed by atoms with Crippen molar-refractivity contribution in [2.45, 2.75) is 59.2 Å². The molecule has 3 nitrogen and oxygen atoms in total. The molecule has 21 heavy (non-hydrogen) atoms. The molecule has 0 aromatic carbocycles. The summed E-state index contributed by atoms with van der Waals surface area (Å²) >= 11 is 1.88. The van der Waals surface area contributed by atoms with Gasteiger partial charge in [0.1, 0.15) is 5.82 Å². The van der Waals surface area contributed by atoms with Gasteiger partial charge in [-0.15, -0.1) is 0 Å². The maximum atomic E-state index is 4.85. The van der Waals surface area contributed by atoms with Gasteiger partial charge in [-0.25, -0.2) is 4.98 Å². The number of thioether (sulfide) groups is 1. The Morgan fingerprint density at radius 1 is 1.19 bits per heavy atom. The van der Waals surface area contributed by atoms with Crippen LogP contribution < -0.4 is 10.2 Å². The van der Waals surface area contributed by atoms with Crippen LogP contribution >= 0.6 is 11.8 Å². The molecular weight excluding hydrogens is 278 g/mol. The van der Waals surface area contributed by atoms with Crippen LogP contribution in [0.5, 0.6) is 0 Å². The lowest BCUT2D eigenvalue weighted by Gasteiger charge is -2.27. The second kappa shape index (κ2) is 8.64. The largest absolute Gasteiger partial charge is 0.356 e. The van der Waals surface area contributed by atoms with E-state index in [4.69, 9.17) is 4.98 Å². The monoisotopic (exact) mass is 309 g/mol. The molecule has 1 unspecified atom stereocenters. The fourth-order valence-corrected chi connectivity index (χ4v) is 2.78. The van der Waals surface area contributed by atoms with Crippen LogP contribution in [-0.4, -0.2) is 36.1 Å². The fraction of sp³-hybridized carbons (Fsp3) is 0.706. The van der Waals surface area contributed by atoms with Gasteiger partial charge in [-0.05, 0) is 36.8 Å². The summed E-state index contributed by atoms with van der Waals surface area (Å²) in [6.07, 6.45) is 2.15. The molecule has 1 rings (SSSR count). The van der Waals surface area contributed by atoms with E-state index < -0.39 is 0 Å². The highest BCUT2D eigenvalue weighted by molar-refractivity contribution is 7.98. The Labute approximate surface area is 134 Å². The number of nitrogens with zero attached hydrogens (tertiary/aromatic N) is 2. The third-order valence-electron chi connectivity index (χ3n) is 3.63. The molecule has 0 aliphatic rings. The third-order valence-corrected chi connectivity index (χ3v) is 4.44. The van der Waals surface area contributed by atoms with Crippen molar-refractivity contribution in [3.8, 4) is 0 Å². The number of hydrogen-bond acceptors (Lipinski definition) is 4. The molecule has 0 fully saturated rings. The van der Waals surface area contributed by atoms with Crippen LogP contribution in [0.2, 0.25) is 0 Å². The molecule has 0 radical (unpaired) electrons. The molecule has 1 atom stereocenters. The van der Waals surface area contributed by atoms with Gasteiger partial charge < -0.3 is 10.2 Å². The van der Waals surface area contributed by atoms with Crippen LogP contribution in [0.4, 0.5) is 5.82 Å². The van der Waals surface area contributed by atoms with Crippen molar-refractivity contribution >= 4 is 17.6 Å². The highest BCUT2D eigenvalue weighted by Crippen LogP contribution is 2.21. The van der Waals surface area contributed by atoms with Gasteiger partial charge in [-0.2, -0.15) is 11.8 Å². The molecule has 0 saturated heterocycles. The minimum Gasteiger partial charge on any atom is -0.356 e. The van der Waals surface area contributed by atoms with E-state index >= 15 is 0 Å². The van der Waals surface area contributed by atoms with Crippen molar-refractivity contribution in [3.05, 3.63) is 23.4 Å². The SMILES string of the molecule is CSCC(C)N(C)c1cc(CNC(C)C)cc(C(C)C)n1. The normalized spacial score (nSPS) is 13.0. The van der Waals surface area contributed by atoms with Gasteiger partial charge in [0.05, 0.1) is 0 Å². The first-order chi connectivity index (χ1) is 9.85. The lowest BCUT2D eigenvalue weighted by atomic mass is 10.1. The summed E-state index contributed by atoms with van der Waals surface area (Å²) in [6.45, 7) is 11.9. The van der Waals surface area contributed by atoms with E-state index in [0.29, 0.717) is 18.0 Å². The zero-order valence-electron chi connectivity index (χ0n) is 14.6. The van der Waals surface area contributed by atoms with Crippen molar-refractivity contribution in [3.63, 3.8) is 0 Å². The Kier molecular flexibility index (Phi) is 7.53. The average molecular weight is 310 g/mol. The van der Waals surface area contributed by atoms with Crippen LogP contribution in [0.25, 0.3) is 0 Å². The number of pyridine rings is 1. The number of nitrogens with one attached hydrogen (secondary N) is 1. The van der Waals surface area contributed by atoms with Crippen LogP contribution in [0.3, 0.4) is 0 Å². The Morgan fingerprint density at radius 3 is 2.38 bits per heavy atom. The predicted octanol–water partition coefficient (Wildman–Crippen LogP) is 3.89. The minimum atomic E-state index is 0.451. The summed E-state index contributed by atoms with van der Waals surface area (Å²) in [5, 5.41) is 3.50. The smallest absolute Gasteiger partial charge is 0.129 e. The maximum Gasteiger partial charge on any atom is 0.129 e. The van der Waals surface area contributed by atoms with Gasteiger partial charge >= 0.3 is 0 Å². The molecule has 1 heterocycles. The Balaban J connectivity index is 3.01. The molecule has 0 saturated carbocycles. The first-order valence-corrected chi connectivity index (χ1v) is 9.20. The molecule has 4 heteroatoms. The minimum absolute atomic E-state index is 0.451. The van der Waals surface area contributed by atoms with Gasteiger partial charge in [0, 0.05) is 37.1 Å². The van der Waals surface area contributed by atoms with E-state index in [0.717, 1.165) is 18.1 Å². The maximum absolute atomic E-state index is 4.85. The predicted molar refractivity (Wildman–Crippen MR) is 96.5 cm³/mol. The average Bonchev–Trinajstić information content (AvgIpc) is 2.44. The first-order valence-electron chi connectivity index (χ1n) is 7.81. The molecule has 0 amide bonds. The van der Waals surface area contributed by atoms with Gasteiger partial charge in [-0.1, -0.05) is 27.7 Å². The second-order valence-electron chi connectivity index (χ2n) is 6.36. The summed E-state index contributed by atoms with van der Waals surface area (Å²) in [4.78, 5) is 7.15. The van der Waals surface area contributed by atoms with Crippen molar-refractivity contribution in [1.29, 1.82) is 0 Å². The number of aromatic nitrogens is 1. The second-order valence-corrected chi connectivity index (χ2v) is 7.27. The van der Waals surface area contributed by atoms with Crippen molar-refractivity contribution in [2.75, 3.05) is 24.0 Å². The fourth-order valence-electron chi connectivity index (χ4n) is 2.07. The van der Waals surface area contributed by atoms with Crippen LogP contribution in [0, 0.1) is 0 Å². The molecule has 0 spiro atoms.